The van der Waals surface area contributed by atoms with Crippen LogP contribution in [0.3, 0.4) is 0 Å². The molecule has 0 unspecified atom stereocenters. The molecular formula is C20H25ClF2N4OS. The maximum absolute atomic E-state index is 13.9. The van der Waals surface area contributed by atoms with E-state index in [1.165, 1.54) is 12.1 Å². The Hall–Kier alpha value is -1.74. The molecule has 158 valence electrons. The van der Waals surface area contributed by atoms with E-state index in [4.69, 9.17) is 9.73 Å². The summed E-state index contributed by atoms with van der Waals surface area (Å²) in [7, 11) is 3.84. The van der Waals surface area contributed by atoms with Gasteiger partial charge in [-0.3, -0.25) is 4.90 Å². The van der Waals surface area contributed by atoms with E-state index >= 15 is 0 Å². The number of benzene rings is 1. The zero-order valence-electron chi connectivity index (χ0n) is 16.7. The summed E-state index contributed by atoms with van der Waals surface area (Å²) in [6, 6.07) is 4.79. The minimum atomic E-state index is -0.888. The van der Waals surface area contributed by atoms with Crippen LogP contribution in [0.15, 0.2) is 23.2 Å². The monoisotopic (exact) mass is 442 g/mol. The predicted molar refractivity (Wildman–Crippen MR) is 117 cm³/mol. The van der Waals surface area contributed by atoms with Crippen LogP contribution in [0.2, 0.25) is 0 Å². The van der Waals surface area contributed by atoms with Crippen molar-refractivity contribution >= 4 is 46.0 Å². The Bertz CT molecular complexity index is 920. The van der Waals surface area contributed by atoms with Gasteiger partial charge in [0.1, 0.15) is 10.8 Å². The van der Waals surface area contributed by atoms with Gasteiger partial charge in [-0.15, -0.1) is 23.7 Å². The van der Waals surface area contributed by atoms with Gasteiger partial charge < -0.3 is 15.0 Å². The van der Waals surface area contributed by atoms with Crippen LogP contribution in [-0.2, 0) is 4.74 Å². The number of amidine groups is 1. The van der Waals surface area contributed by atoms with E-state index in [-0.39, 0.29) is 12.4 Å². The quantitative estimate of drug-likeness (QED) is 0.757. The number of methoxy groups -OCH3 is 1. The second-order valence-electron chi connectivity index (χ2n) is 7.31. The average molecular weight is 443 g/mol. The lowest BCUT2D eigenvalue weighted by Gasteiger charge is -2.40. The predicted octanol–water partition coefficient (Wildman–Crippen LogP) is 4.54. The van der Waals surface area contributed by atoms with Crippen LogP contribution >= 0.6 is 23.7 Å². The molecule has 1 fully saturated rings. The van der Waals surface area contributed by atoms with Gasteiger partial charge in [0.15, 0.2) is 11.6 Å². The number of nitrogens with zero attached hydrogens (tertiary/aromatic N) is 3. The van der Waals surface area contributed by atoms with Crippen LogP contribution in [0.5, 0.6) is 0 Å². The molecule has 0 radical (unpaired) electrons. The fraction of sp³-hybridized carbons (Fsp3) is 0.450. The van der Waals surface area contributed by atoms with E-state index in [0.29, 0.717) is 24.0 Å². The Morgan fingerprint density at radius 1 is 1.24 bits per heavy atom. The van der Waals surface area contributed by atoms with Gasteiger partial charge in [0.25, 0.3) is 0 Å². The zero-order valence-corrected chi connectivity index (χ0v) is 18.3. The molecule has 1 aromatic heterocycles. The number of anilines is 2. The molecule has 3 heterocycles. The normalized spacial score (nSPS) is 18.9. The Morgan fingerprint density at radius 3 is 2.76 bits per heavy atom. The zero-order chi connectivity index (χ0) is 19.8. The van der Waals surface area contributed by atoms with Crippen LogP contribution in [0, 0.1) is 18.6 Å². The second-order valence-corrected chi connectivity index (χ2v) is 8.56. The minimum Gasteiger partial charge on any atom is -0.385 e. The van der Waals surface area contributed by atoms with Crippen molar-refractivity contribution in [2.24, 2.45) is 4.99 Å². The molecule has 0 spiro atoms. The van der Waals surface area contributed by atoms with E-state index in [1.807, 2.05) is 6.92 Å². The number of fused-ring (bicyclic) bond motifs is 2. The van der Waals surface area contributed by atoms with Gasteiger partial charge in [0.2, 0.25) is 0 Å². The number of hydrogen-bond donors (Lipinski definition) is 1. The van der Waals surface area contributed by atoms with Gasteiger partial charge in [0, 0.05) is 56.4 Å². The third-order valence-corrected chi connectivity index (χ3v) is 6.31. The summed E-state index contributed by atoms with van der Waals surface area (Å²) in [4.78, 5) is 10.5. The van der Waals surface area contributed by atoms with E-state index in [9.17, 15) is 8.78 Å². The average Bonchev–Trinajstić information content (AvgIpc) is 2.96. The Labute approximate surface area is 179 Å². The molecule has 29 heavy (non-hydrogen) atoms. The van der Waals surface area contributed by atoms with Crippen LogP contribution in [0.1, 0.15) is 16.9 Å². The molecule has 2 aromatic rings. The van der Waals surface area contributed by atoms with Gasteiger partial charge >= 0.3 is 0 Å². The van der Waals surface area contributed by atoms with Gasteiger partial charge in [-0.25, -0.2) is 13.8 Å². The Kier molecular flexibility index (Phi) is 6.78. The molecular weight excluding hydrogens is 418 g/mol. The summed E-state index contributed by atoms with van der Waals surface area (Å²) in [6.45, 7) is 5.28. The lowest BCUT2D eigenvalue weighted by molar-refractivity contribution is 0.100. The summed E-state index contributed by atoms with van der Waals surface area (Å²) in [5.41, 5.74) is 1.89. The maximum atomic E-state index is 13.9. The first-order valence-electron chi connectivity index (χ1n) is 9.36. The van der Waals surface area contributed by atoms with Crippen LogP contribution in [0.25, 0.3) is 0 Å². The van der Waals surface area contributed by atoms with Crippen molar-refractivity contribution in [2.75, 3.05) is 45.7 Å². The van der Waals surface area contributed by atoms with Crippen LogP contribution < -0.4 is 5.32 Å². The fourth-order valence-electron chi connectivity index (χ4n) is 3.74. The van der Waals surface area contributed by atoms with Crippen molar-refractivity contribution in [2.45, 2.75) is 19.4 Å². The van der Waals surface area contributed by atoms with Crippen LogP contribution in [-0.4, -0.2) is 62.1 Å². The summed E-state index contributed by atoms with van der Waals surface area (Å²) in [6.07, 6.45) is 0.932. The molecule has 1 saturated heterocycles. The number of halogens is 3. The molecule has 0 amide bonds. The molecule has 5 nitrogen and oxygen atoms in total. The summed E-state index contributed by atoms with van der Waals surface area (Å²) < 4.78 is 32.9. The number of thiophene rings is 1. The Balaban J connectivity index is 0.00000240. The number of aliphatic imine (C=N–C) groups is 1. The highest BCUT2D eigenvalue weighted by Gasteiger charge is 2.30. The molecule has 1 atom stereocenters. The Morgan fingerprint density at radius 2 is 2.00 bits per heavy atom. The van der Waals surface area contributed by atoms with E-state index in [0.717, 1.165) is 47.3 Å². The first kappa shape index (κ1) is 22.0. The van der Waals surface area contributed by atoms with Gasteiger partial charge in [-0.05, 0) is 26.5 Å². The fourth-order valence-corrected chi connectivity index (χ4v) is 4.66. The van der Waals surface area contributed by atoms with Crippen molar-refractivity contribution in [3.8, 4) is 0 Å². The molecule has 2 aliphatic heterocycles. The van der Waals surface area contributed by atoms with Crippen molar-refractivity contribution in [3.63, 3.8) is 0 Å². The molecule has 0 saturated carbocycles. The van der Waals surface area contributed by atoms with E-state index < -0.39 is 11.6 Å². The van der Waals surface area contributed by atoms with Crippen molar-refractivity contribution in [1.29, 1.82) is 0 Å². The highest BCUT2D eigenvalue weighted by atomic mass is 35.5. The number of hydrogen-bond acceptors (Lipinski definition) is 6. The van der Waals surface area contributed by atoms with Gasteiger partial charge in [-0.1, -0.05) is 0 Å². The molecule has 4 rings (SSSR count). The lowest BCUT2D eigenvalue weighted by atomic mass is 10.1. The van der Waals surface area contributed by atoms with Crippen LogP contribution in [0.4, 0.5) is 25.2 Å². The number of ether oxygens (including phenoxy) is 1. The smallest absolute Gasteiger partial charge is 0.161 e. The summed E-state index contributed by atoms with van der Waals surface area (Å²) >= 11 is 1.59. The van der Waals surface area contributed by atoms with E-state index in [1.54, 1.807) is 18.4 Å². The molecule has 2 aliphatic rings. The first-order chi connectivity index (χ1) is 13.5. The number of nitrogens with one attached hydrogen (secondary N) is 1. The molecule has 0 aliphatic carbocycles. The van der Waals surface area contributed by atoms with Gasteiger partial charge in [0.05, 0.1) is 16.9 Å². The molecule has 0 bridgehead atoms. The second kappa shape index (κ2) is 8.95. The maximum Gasteiger partial charge on any atom is 0.161 e. The third-order valence-electron chi connectivity index (χ3n) is 5.34. The molecule has 9 heteroatoms. The highest BCUT2D eigenvalue weighted by Crippen LogP contribution is 2.40. The summed E-state index contributed by atoms with van der Waals surface area (Å²) in [5, 5.41) is 4.17. The summed E-state index contributed by atoms with van der Waals surface area (Å²) in [5.74, 6) is -0.951. The first-order valence-corrected chi connectivity index (χ1v) is 10.2. The molecule has 1 N–H and O–H groups in total. The number of likely N-dealkylation sites (N-methyl/N-ethyl adjacent to an activating group) is 1. The number of piperazine rings is 1. The third kappa shape index (κ3) is 4.40. The van der Waals surface area contributed by atoms with Crippen molar-refractivity contribution < 1.29 is 13.5 Å². The minimum absolute atomic E-state index is 0. The SMILES string of the molecule is COCC[C@H]1CN(C2=Nc3cc(F)c(F)cc3Nc3sc(C)cc32)CCN1C.Cl. The van der Waals surface area contributed by atoms with E-state index in [2.05, 4.69) is 28.2 Å². The highest BCUT2D eigenvalue weighted by molar-refractivity contribution is 7.16. The largest absolute Gasteiger partial charge is 0.385 e. The topological polar surface area (TPSA) is 40.1 Å². The van der Waals surface area contributed by atoms with Gasteiger partial charge in [-0.2, -0.15) is 0 Å². The number of aryl methyl sites for hydroxylation is 1. The standard InChI is InChI=1S/C20H24F2N4OS.ClH/c1-12-8-14-19(26-6-5-25(2)13(11-26)4-7-27-3)23-17-9-15(21)16(22)10-18(17)24-20(14)28-12;/h8-10,13,24H,4-7,11H2,1-3H3;1H/t13-;/m0./s1. The van der Waals surface area contributed by atoms with Crippen molar-refractivity contribution in [3.05, 3.63) is 40.3 Å². The van der Waals surface area contributed by atoms with Crippen molar-refractivity contribution in [1.82, 2.24) is 9.80 Å². The molecule has 1 aromatic carbocycles. The lowest BCUT2D eigenvalue weighted by Crippen LogP contribution is -2.53. The number of rotatable bonds is 3.